The summed E-state index contributed by atoms with van der Waals surface area (Å²) in [6.45, 7) is 5.88. The number of likely N-dealkylation sites (tertiary alicyclic amines) is 1. The first-order valence-corrected chi connectivity index (χ1v) is 8.46. The van der Waals surface area contributed by atoms with E-state index in [1.54, 1.807) is 6.92 Å². The summed E-state index contributed by atoms with van der Waals surface area (Å²) in [6, 6.07) is 0.122. The van der Waals surface area contributed by atoms with Crippen molar-refractivity contribution in [2.24, 2.45) is 5.41 Å². The number of hydrogen-bond donors (Lipinski definition) is 2. The van der Waals surface area contributed by atoms with Crippen LogP contribution >= 0.6 is 0 Å². The number of carbonyl (C=O) groups excluding carboxylic acids is 2. The first-order valence-electron chi connectivity index (χ1n) is 8.46. The molecule has 22 heavy (non-hydrogen) atoms. The Bertz CT molecular complexity index is 422. The van der Waals surface area contributed by atoms with Crippen LogP contribution in [0.25, 0.3) is 0 Å². The van der Waals surface area contributed by atoms with Crippen molar-refractivity contribution < 1.29 is 9.59 Å². The SMILES string of the molecule is C/C=C\CC1(CNC(=O)NC2CCN(C(C)=O)CC2)CCC1. The van der Waals surface area contributed by atoms with E-state index in [9.17, 15) is 9.59 Å². The molecule has 0 aromatic heterocycles. The summed E-state index contributed by atoms with van der Waals surface area (Å²) in [6.07, 6.45) is 10.7. The average molecular weight is 307 g/mol. The van der Waals surface area contributed by atoms with Gasteiger partial charge in [0, 0.05) is 32.6 Å². The number of nitrogens with zero attached hydrogens (tertiary/aromatic N) is 1. The Morgan fingerprint density at radius 2 is 1.95 bits per heavy atom. The monoisotopic (exact) mass is 307 g/mol. The molecule has 0 atom stereocenters. The maximum Gasteiger partial charge on any atom is 0.315 e. The fourth-order valence-corrected chi connectivity index (χ4v) is 3.34. The summed E-state index contributed by atoms with van der Waals surface area (Å²) in [5.74, 6) is 0.124. The zero-order valence-corrected chi connectivity index (χ0v) is 13.9. The molecule has 1 saturated heterocycles. The number of carbonyl (C=O) groups is 2. The highest BCUT2D eigenvalue weighted by Crippen LogP contribution is 2.43. The molecule has 3 amide bonds. The highest BCUT2D eigenvalue weighted by molar-refractivity contribution is 5.75. The molecule has 0 bridgehead atoms. The van der Waals surface area contributed by atoms with Gasteiger partial charge in [-0.05, 0) is 44.4 Å². The van der Waals surface area contributed by atoms with Gasteiger partial charge in [0.15, 0.2) is 0 Å². The first-order chi connectivity index (χ1) is 10.5. The summed E-state index contributed by atoms with van der Waals surface area (Å²) < 4.78 is 0. The smallest absolute Gasteiger partial charge is 0.315 e. The third kappa shape index (κ3) is 4.49. The summed E-state index contributed by atoms with van der Waals surface area (Å²) in [7, 11) is 0. The van der Waals surface area contributed by atoms with Gasteiger partial charge in [0.2, 0.25) is 5.91 Å². The summed E-state index contributed by atoms with van der Waals surface area (Å²) >= 11 is 0. The second kappa shape index (κ2) is 7.65. The van der Waals surface area contributed by atoms with E-state index in [4.69, 9.17) is 0 Å². The lowest BCUT2D eigenvalue weighted by molar-refractivity contribution is -0.129. The highest BCUT2D eigenvalue weighted by atomic mass is 16.2. The van der Waals surface area contributed by atoms with Crippen molar-refractivity contribution in [2.75, 3.05) is 19.6 Å². The van der Waals surface area contributed by atoms with Gasteiger partial charge in [-0.1, -0.05) is 18.6 Å². The zero-order chi connectivity index (χ0) is 16.0. The van der Waals surface area contributed by atoms with E-state index in [1.807, 2.05) is 11.8 Å². The number of rotatable bonds is 5. The van der Waals surface area contributed by atoms with Crippen LogP contribution in [-0.2, 0) is 4.79 Å². The normalized spacial score (nSPS) is 21.5. The van der Waals surface area contributed by atoms with E-state index < -0.39 is 0 Å². The highest BCUT2D eigenvalue weighted by Gasteiger charge is 2.36. The molecule has 2 N–H and O–H groups in total. The zero-order valence-electron chi connectivity index (χ0n) is 13.9. The quantitative estimate of drug-likeness (QED) is 0.766. The van der Waals surface area contributed by atoms with Crippen LogP contribution < -0.4 is 10.6 Å². The first kappa shape index (κ1) is 16.8. The third-order valence-electron chi connectivity index (χ3n) is 5.10. The average Bonchev–Trinajstić information content (AvgIpc) is 2.46. The number of urea groups is 1. The maximum atomic E-state index is 12.1. The van der Waals surface area contributed by atoms with Gasteiger partial charge in [-0.15, -0.1) is 0 Å². The van der Waals surface area contributed by atoms with Crippen LogP contribution in [0, 0.1) is 5.41 Å². The molecule has 5 nitrogen and oxygen atoms in total. The molecule has 0 aromatic carbocycles. The standard InChI is InChI=1S/C17H29N3O2/c1-3-4-8-17(9-5-10-17)13-18-16(22)19-15-6-11-20(12-7-15)14(2)21/h3-4,15H,5-13H2,1-2H3,(H2,18,19,22)/b4-3-. The van der Waals surface area contributed by atoms with E-state index in [1.165, 1.54) is 19.3 Å². The second-order valence-electron chi connectivity index (χ2n) is 6.73. The Balaban J connectivity index is 1.69. The van der Waals surface area contributed by atoms with Crippen molar-refractivity contribution in [2.45, 2.75) is 58.4 Å². The molecule has 0 spiro atoms. The lowest BCUT2D eigenvalue weighted by Crippen LogP contribution is -2.51. The topological polar surface area (TPSA) is 61.4 Å². The fraction of sp³-hybridized carbons (Fsp3) is 0.765. The van der Waals surface area contributed by atoms with Gasteiger partial charge >= 0.3 is 6.03 Å². The van der Waals surface area contributed by atoms with Crippen molar-refractivity contribution in [3.05, 3.63) is 12.2 Å². The van der Waals surface area contributed by atoms with Crippen LogP contribution in [0.4, 0.5) is 4.79 Å². The van der Waals surface area contributed by atoms with Crippen LogP contribution in [0.5, 0.6) is 0 Å². The van der Waals surface area contributed by atoms with Gasteiger partial charge < -0.3 is 15.5 Å². The number of piperidine rings is 1. The molecule has 1 heterocycles. The summed E-state index contributed by atoms with van der Waals surface area (Å²) in [4.78, 5) is 25.2. The number of nitrogens with one attached hydrogen (secondary N) is 2. The molecule has 1 aliphatic carbocycles. The lowest BCUT2D eigenvalue weighted by Gasteiger charge is -2.41. The maximum absolute atomic E-state index is 12.1. The van der Waals surface area contributed by atoms with Crippen molar-refractivity contribution in [1.29, 1.82) is 0 Å². The molecular formula is C17H29N3O2. The summed E-state index contributed by atoms with van der Waals surface area (Å²) in [5, 5.41) is 6.10. The van der Waals surface area contributed by atoms with E-state index in [0.717, 1.165) is 38.9 Å². The van der Waals surface area contributed by atoms with Crippen molar-refractivity contribution in [3.63, 3.8) is 0 Å². The van der Waals surface area contributed by atoms with E-state index in [2.05, 4.69) is 22.8 Å². The number of hydrogen-bond acceptors (Lipinski definition) is 2. The van der Waals surface area contributed by atoms with E-state index in [-0.39, 0.29) is 23.4 Å². The minimum atomic E-state index is -0.0620. The van der Waals surface area contributed by atoms with Gasteiger partial charge in [-0.2, -0.15) is 0 Å². The minimum Gasteiger partial charge on any atom is -0.343 e. The van der Waals surface area contributed by atoms with Crippen molar-refractivity contribution in [3.8, 4) is 0 Å². The predicted molar refractivity (Wildman–Crippen MR) is 87.5 cm³/mol. The van der Waals surface area contributed by atoms with Crippen LogP contribution in [0.3, 0.4) is 0 Å². The van der Waals surface area contributed by atoms with E-state index >= 15 is 0 Å². The molecule has 124 valence electrons. The second-order valence-corrected chi connectivity index (χ2v) is 6.73. The number of amides is 3. The van der Waals surface area contributed by atoms with Gasteiger partial charge in [-0.3, -0.25) is 4.79 Å². The van der Waals surface area contributed by atoms with Gasteiger partial charge in [0.25, 0.3) is 0 Å². The van der Waals surface area contributed by atoms with Crippen LogP contribution in [0.15, 0.2) is 12.2 Å². The molecule has 2 aliphatic rings. The lowest BCUT2D eigenvalue weighted by atomic mass is 9.66. The minimum absolute atomic E-state index is 0.0620. The Hall–Kier alpha value is -1.52. The van der Waals surface area contributed by atoms with E-state index in [0.29, 0.717) is 0 Å². The van der Waals surface area contributed by atoms with Crippen LogP contribution in [-0.4, -0.2) is 42.5 Å². The molecule has 1 aliphatic heterocycles. The Morgan fingerprint density at radius 3 is 2.45 bits per heavy atom. The fourth-order valence-electron chi connectivity index (χ4n) is 3.34. The molecule has 0 aromatic rings. The molecular weight excluding hydrogens is 278 g/mol. The van der Waals surface area contributed by atoms with Gasteiger partial charge in [-0.25, -0.2) is 4.79 Å². The van der Waals surface area contributed by atoms with Crippen molar-refractivity contribution in [1.82, 2.24) is 15.5 Å². The third-order valence-corrected chi connectivity index (χ3v) is 5.10. The Labute approximate surface area is 133 Å². The summed E-state index contributed by atoms with van der Waals surface area (Å²) in [5.41, 5.74) is 0.280. The molecule has 5 heteroatoms. The van der Waals surface area contributed by atoms with Gasteiger partial charge in [0.05, 0.1) is 0 Å². The van der Waals surface area contributed by atoms with Crippen molar-refractivity contribution >= 4 is 11.9 Å². The predicted octanol–water partition coefficient (Wildman–Crippen LogP) is 2.43. The molecule has 2 rings (SSSR count). The molecule has 1 saturated carbocycles. The van der Waals surface area contributed by atoms with Gasteiger partial charge in [0.1, 0.15) is 0 Å². The molecule has 0 unspecified atom stereocenters. The number of allylic oxidation sites excluding steroid dienone is 2. The Kier molecular flexibility index (Phi) is 5.86. The van der Waals surface area contributed by atoms with Crippen LogP contribution in [0.1, 0.15) is 52.4 Å². The molecule has 2 fully saturated rings. The van der Waals surface area contributed by atoms with Crippen LogP contribution in [0.2, 0.25) is 0 Å². The molecule has 0 radical (unpaired) electrons. The largest absolute Gasteiger partial charge is 0.343 e. The Morgan fingerprint density at radius 1 is 1.27 bits per heavy atom.